The topological polar surface area (TPSA) is 211 Å². The van der Waals surface area contributed by atoms with E-state index in [2.05, 4.69) is 152 Å². The third-order valence-corrected chi connectivity index (χ3v) is 55.1. The number of hydrogen-bond donors (Lipinski definition) is 4. The first kappa shape index (κ1) is 118. The molecule has 0 spiro atoms. The van der Waals surface area contributed by atoms with Gasteiger partial charge in [-0.05, 0) is 494 Å². The van der Waals surface area contributed by atoms with Crippen LogP contribution in [0.5, 0.6) is 0 Å². The highest BCUT2D eigenvalue weighted by atomic mass is 16.5. The van der Waals surface area contributed by atoms with Crippen molar-refractivity contribution in [2.75, 3.05) is 34.5 Å². The Kier molecular flexibility index (Phi) is 37.6. The second kappa shape index (κ2) is 47.3. The van der Waals surface area contributed by atoms with Crippen LogP contribution in [-0.4, -0.2) is 102 Å². The minimum Gasteiger partial charge on any atom is -0.469 e. The molecule has 0 amide bonds. The summed E-state index contributed by atoms with van der Waals surface area (Å²) in [6, 6.07) is 0. The summed E-state index contributed by atoms with van der Waals surface area (Å²) in [6.07, 6.45) is 63.7. The third-order valence-electron chi connectivity index (χ3n) is 55.1. The lowest BCUT2D eigenvalue weighted by Crippen LogP contribution is -2.61. The Morgan fingerprint density at radius 3 is 0.804 bits per heavy atom. The van der Waals surface area contributed by atoms with Gasteiger partial charge in [0, 0.05) is 68.0 Å². The lowest BCUT2D eigenvalue weighted by atomic mass is 9.41. The van der Waals surface area contributed by atoms with E-state index in [4.69, 9.17) is 14.2 Å². The van der Waals surface area contributed by atoms with Crippen LogP contribution in [0.2, 0.25) is 0 Å². The van der Waals surface area contributed by atoms with Gasteiger partial charge >= 0.3 is 17.9 Å². The first-order valence-corrected chi connectivity index (χ1v) is 64.8. The molecule has 13 nitrogen and oxygen atoms in total. The number of aliphatic hydroxyl groups excluding tert-OH is 4. The van der Waals surface area contributed by atoms with E-state index in [1.54, 1.807) is 0 Å². The summed E-state index contributed by atoms with van der Waals surface area (Å²) in [6.45, 7) is 54.5. The van der Waals surface area contributed by atoms with Gasteiger partial charge in [-0.2, -0.15) is 0 Å². The molecule has 49 atom stereocenters. The van der Waals surface area contributed by atoms with Crippen LogP contribution in [0.15, 0.2) is 0 Å². The molecule has 0 aromatic carbocycles. The molecule has 20 saturated carbocycles. The summed E-state index contributed by atoms with van der Waals surface area (Å²) >= 11 is 0. The molecule has 20 fully saturated rings. The number of rotatable bonds is 25. The van der Waals surface area contributed by atoms with Crippen LogP contribution in [0.25, 0.3) is 0 Å². The molecular formula is C135H228O13. The predicted molar refractivity (Wildman–Crippen MR) is 600 cm³/mol. The van der Waals surface area contributed by atoms with E-state index in [-0.39, 0.29) is 70.0 Å². The number of Topliss-reactive ketones (excluding diaryl/α,β-unsaturated/α-hetero) is 3. The van der Waals surface area contributed by atoms with E-state index in [9.17, 15) is 49.2 Å². The number of aliphatic hydroxyl groups is 4. The summed E-state index contributed by atoms with van der Waals surface area (Å²) in [5, 5.41) is 42.0. The van der Waals surface area contributed by atoms with Gasteiger partial charge in [0.25, 0.3) is 0 Å². The number of methoxy groups -OCH3 is 3. The van der Waals surface area contributed by atoms with Crippen molar-refractivity contribution in [2.24, 2.45) is 273 Å². The van der Waals surface area contributed by atoms with Crippen LogP contribution < -0.4 is 0 Å². The zero-order valence-corrected chi connectivity index (χ0v) is 99.9. The second-order valence-corrected chi connectivity index (χ2v) is 60.3. The number of carbonyl (C=O) groups is 6. The standard InChI is InChI=1S/2C28H46O3.C27H44O3.2C26H46O2/c2*1-7-19-23-16-17(2)12-14-28(23,5)22-13-15-27(4)20(18(3)8-11-24(29)31-6)9-10-21(27)25(22)26(19)30;1-6-18-20-9-7-8-15-26(20,3)22-14-16-27(4)19(17(2)10-13-23(28)30-5)11-12-21(27)24(22)25(18)29;2*1-5-18-20-10-6-7-14-25(20,3)22-13-15-26(4)19(17(2)9-8-16-27)11-12-21(26)23(22)24(18)28/h2*17-23,25H,7-16H2,1-6H3;17-22,24H,6-16H2,1-5H3;2*17-24,27-28H,5-16H2,1-4H3/t2*17-,18-,19+,20-,21?,22?,23+,25?,27-,28-;17-,18+,19-,20+,21?,22?,24?,26+,27-;17-,18+,19-,20+,21?,22?,23?,24+,25+,26-;17-,18+,19-,20+,21?,22?,23?,24-,25+,26-/m11111/s1. The first-order chi connectivity index (χ1) is 70.4. The van der Waals surface area contributed by atoms with Crippen LogP contribution in [-0.2, 0) is 43.0 Å². The van der Waals surface area contributed by atoms with E-state index in [0.29, 0.717) is 224 Å². The van der Waals surface area contributed by atoms with Gasteiger partial charge in [-0.3, -0.25) is 28.8 Å². The Morgan fingerprint density at radius 2 is 0.520 bits per heavy atom. The maximum absolute atomic E-state index is 14.0. The van der Waals surface area contributed by atoms with Crippen LogP contribution in [0.1, 0.15) is 493 Å². The van der Waals surface area contributed by atoms with Crippen LogP contribution >= 0.6 is 0 Å². The highest BCUT2D eigenvalue weighted by molar-refractivity contribution is 5.87. The predicted octanol–water partition coefficient (Wildman–Crippen LogP) is 31.9. The number of fused-ring (bicyclic) bond motifs is 25. The molecule has 0 aliphatic heterocycles. The van der Waals surface area contributed by atoms with Crippen molar-refractivity contribution in [1.82, 2.24) is 0 Å². The van der Waals surface area contributed by atoms with E-state index in [1.807, 2.05) is 0 Å². The molecule has 0 bridgehead atoms. The zero-order valence-electron chi connectivity index (χ0n) is 99.9. The fourth-order valence-corrected chi connectivity index (χ4v) is 47.6. The van der Waals surface area contributed by atoms with Crippen molar-refractivity contribution >= 4 is 35.3 Å². The maximum atomic E-state index is 14.0. The van der Waals surface area contributed by atoms with Gasteiger partial charge in [0.15, 0.2) is 0 Å². The van der Waals surface area contributed by atoms with Crippen molar-refractivity contribution in [3.8, 4) is 0 Å². The number of ether oxygens (including phenoxy) is 3. The highest BCUT2D eigenvalue weighted by Crippen LogP contribution is 2.77. The lowest BCUT2D eigenvalue weighted by molar-refractivity contribution is -0.194. The lowest BCUT2D eigenvalue weighted by Gasteiger charge is -2.64. The molecule has 0 saturated heterocycles. The number of carbonyl (C=O) groups excluding carboxylic acids is 6. The normalized spacial score (nSPS) is 49.1. The number of hydrogen-bond acceptors (Lipinski definition) is 13. The first-order valence-electron chi connectivity index (χ1n) is 64.8. The average molecular weight is 2060 g/mol. The maximum Gasteiger partial charge on any atom is 0.305 e. The summed E-state index contributed by atoms with van der Waals surface area (Å²) in [5.41, 5.74) is 3.67. The van der Waals surface area contributed by atoms with Gasteiger partial charge < -0.3 is 34.6 Å². The van der Waals surface area contributed by atoms with Gasteiger partial charge in [0.1, 0.15) is 17.3 Å². The van der Waals surface area contributed by atoms with Crippen molar-refractivity contribution in [3.63, 3.8) is 0 Å². The Labute approximate surface area is 905 Å². The molecule has 20 rings (SSSR count). The van der Waals surface area contributed by atoms with E-state index in [1.165, 1.54) is 265 Å². The molecule has 846 valence electrons. The second-order valence-electron chi connectivity index (χ2n) is 60.3. The molecule has 13 heteroatoms. The molecule has 15 unspecified atom stereocenters. The van der Waals surface area contributed by atoms with Gasteiger partial charge in [0.05, 0.1) is 33.5 Å². The third kappa shape index (κ3) is 20.6. The van der Waals surface area contributed by atoms with Crippen molar-refractivity contribution in [1.29, 1.82) is 0 Å². The zero-order chi connectivity index (χ0) is 107. The summed E-state index contributed by atoms with van der Waals surface area (Å²) in [5.74, 6) is 23.3. The van der Waals surface area contributed by atoms with Crippen LogP contribution in [0, 0.1) is 273 Å². The molecule has 20 aliphatic rings. The Hall–Kier alpha value is -2.74. The van der Waals surface area contributed by atoms with Crippen LogP contribution in [0.3, 0.4) is 0 Å². The molecule has 4 N–H and O–H groups in total. The van der Waals surface area contributed by atoms with E-state index < -0.39 is 0 Å². The molecule has 20 aliphatic carbocycles. The van der Waals surface area contributed by atoms with Crippen molar-refractivity contribution < 1.29 is 63.4 Å². The largest absolute Gasteiger partial charge is 0.469 e. The van der Waals surface area contributed by atoms with Gasteiger partial charge in [-0.25, -0.2) is 0 Å². The minimum absolute atomic E-state index is 0.0673. The average Bonchev–Trinajstić information content (AvgIpc) is 1.48. The fraction of sp³-hybridized carbons (Fsp3) is 0.956. The summed E-state index contributed by atoms with van der Waals surface area (Å²) < 4.78 is 14.7. The smallest absolute Gasteiger partial charge is 0.305 e. The van der Waals surface area contributed by atoms with Gasteiger partial charge in [0.2, 0.25) is 0 Å². The van der Waals surface area contributed by atoms with Gasteiger partial charge in [-0.1, -0.05) is 217 Å². The summed E-state index contributed by atoms with van der Waals surface area (Å²) in [7, 11) is 4.46. The van der Waals surface area contributed by atoms with Crippen molar-refractivity contribution in [2.45, 2.75) is 505 Å². The highest BCUT2D eigenvalue weighted by Gasteiger charge is 2.72. The Balaban J connectivity index is 0.000000132. The number of esters is 3. The molecule has 0 heterocycles. The van der Waals surface area contributed by atoms with E-state index >= 15 is 0 Å². The Bertz CT molecular complexity index is 4210. The molecule has 148 heavy (non-hydrogen) atoms. The monoisotopic (exact) mass is 2060 g/mol. The van der Waals surface area contributed by atoms with E-state index in [0.717, 1.165) is 136 Å². The van der Waals surface area contributed by atoms with Gasteiger partial charge in [-0.15, -0.1) is 0 Å². The van der Waals surface area contributed by atoms with Crippen molar-refractivity contribution in [3.05, 3.63) is 0 Å². The number of ketones is 3. The summed E-state index contributed by atoms with van der Waals surface area (Å²) in [4.78, 5) is 77.2. The fourth-order valence-electron chi connectivity index (χ4n) is 47.6. The Morgan fingerprint density at radius 1 is 0.284 bits per heavy atom. The quantitative estimate of drug-likeness (QED) is 0.0496. The molecular weight excluding hydrogens is 1830 g/mol. The molecule has 0 radical (unpaired) electrons. The SMILES string of the molecule is CC[C@@H]1C(=O)C2C3CC[C@H]([C@H](C)CCC(=O)OC)[C@@]3(C)CCC2[C@@]2(C)CCCC[C@@H]12.CC[C@@H]1C(=O)C2C3CC[C@H]([C@H](C)CCC(=O)OC)[C@@]3(C)CCC2[C@@]2(C)CC[C@@H](C)C[C@@H]12.CC[C@@H]1C(=O)C2C3CC[C@H]([C@H](C)CCC(=O)OC)[C@@]3(C)CCC2[C@@]2(C)CC[C@@H](C)C[C@@H]12.CC[C@@H]1[C@@H](O)C2C3CC[C@H]([C@H](C)CCCO)[C@@]3(C)CCC2[C@@]2(C)CCCC[C@@H]12.CC[C@@H]1[C@H](O)C2C3CC[C@H]([C@H](C)CCCO)[C@@]3(C)CCC2[C@@]2(C)CCCC[C@@H]12. The van der Waals surface area contributed by atoms with Crippen LogP contribution in [0.4, 0.5) is 0 Å². The minimum atomic E-state index is -0.0889. The molecule has 0 aromatic rings. The molecule has 0 aromatic heterocycles.